The van der Waals surface area contributed by atoms with E-state index < -0.39 is 0 Å². The van der Waals surface area contributed by atoms with Crippen molar-refractivity contribution in [2.45, 2.75) is 56.5 Å². The van der Waals surface area contributed by atoms with Gasteiger partial charge in [-0.05, 0) is 66.6 Å². The normalized spacial score (nSPS) is 13.9. The quantitative estimate of drug-likeness (QED) is 0.257. The Morgan fingerprint density at radius 2 is 1.97 bits per heavy atom. The van der Waals surface area contributed by atoms with Crippen LogP contribution in [0.1, 0.15) is 55.3 Å². The molecule has 5 nitrogen and oxygen atoms in total. The van der Waals surface area contributed by atoms with Crippen molar-refractivity contribution in [1.29, 1.82) is 0 Å². The number of thioether (sulfide) groups is 1. The summed E-state index contributed by atoms with van der Waals surface area (Å²) in [6.45, 7) is 6.35. The SMILES string of the molecule is Cc1cc2oc(=O)cc(CSc3nnc(-c4ccccc4F)n3C3CC3)c2cc1C(C)C. The van der Waals surface area contributed by atoms with Crippen molar-refractivity contribution >= 4 is 22.7 Å². The van der Waals surface area contributed by atoms with Gasteiger partial charge in [0.2, 0.25) is 0 Å². The standard InChI is InChI=1S/C25H24FN3O2S/c1-14(2)19-12-20-16(11-23(30)31-22(20)10-15(19)3)13-32-25-28-27-24(29(25)17-8-9-17)18-6-4-5-7-21(18)26/h4-7,10-12,14,17H,8-9,13H2,1-3H3. The molecule has 7 heteroatoms. The van der Waals surface area contributed by atoms with Gasteiger partial charge in [0, 0.05) is 23.2 Å². The van der Waals surface area contributed by atoms with Gasteiger partial charge in [-0.25, -0.2) is 9.18 Å². The summed E-state index contributed by atoms with van der Waals surface area (Å²) in [5.74, 6) is 1.17. The number of benzene rings is 2. The molecule has 2 heterocycles. The van der Waals surface area contributed by atoms with Crippen LogP contribution in [0.3, 0.4) is 0 Å². The largest absolute Gasteiger partial charge is 0.423 e. The minimum absolute atomic E-state index is 0.287. The highest BCUT2D eigenvalue weighted by Crippen LogP contribution is 2.42. The van der Waals surface area contributed by atoms with Crippen LogP contribution < -0.4 is 5.63 Å². The van der Waals surface area contributed by atoms with Gasteiger partial charge in [0.05, 0.1) is 5.56 Å². The number of fused-ring (bicyclic) bond motifs is 1. The first-order valence-electron chi connectivity index (χ1n) is 10.8. The fourth-order valence-electron chi connectivity index (χ4n) is 4.14. The smallest absolute Gasteiger partial charge is 0.336 e. The maximum Gasteiger partial charge on any atom is 0.336 e. The van der Waals surface area contributed by atoms with Crippen LogP contribution in [0.25, 0.3) is 22.4 Å². The second-order valence-corrected chi connectivity index (χ2v) is 9.57. The van der Waals surface area contributed by atoms with E-state index in [1.165, 1.54) is 23.4 Å². The van der Waals surface area contributed by atoms with Crippen LogP contribution in [0, 0.1) is 12.7 Å². The molecule has 32 heavy (non-hydrogen) atoms. The summed E-state index contributed by atoms with van der Waals surface area (Å²) in [6, 6.07) is 12.6. The predicted molar refractivity (Wildman–Crippen MR) is 125 cm³/mol. The lowest BCUT2D eigenvalue weighted by molar-refractivity contribution is 0.559. The number of hydrogen-bond acceptors (Lipinski definition) is 5. The molecule has 2 aromatic heterocycles. The minimum atomic E-state index is -0.361. The van der Waals surface area contributed by atoms with Crippen LogP contribution in [0.15, 0.2) is 56.8 Å². The molecule has 1 aliphatic rings. The van der Waals surface area contributed by atoms with E-state index in [9.17, 15) is 9.18 Å². The topological polar surface area (TPSA) is 60.9 Å². The molecule has 0 aliphatic heterocycles. The third kappa shape index (κ3) is 3.86. The average Bonchev–Trinajstić information content (AvgIpc) is 3.51. The third-order valence-corrected chi connectivity index (χ3v) is 6.88. The van der Waals surface area contributed by atoms with Crippen LogP contribution in [-0.2, 0) is 5.75 Å². The first-order chi connectivity index (χ1) is 15.4. The molecule has 0 spiro atoms. The summed E-state index contributed by atoms with van der Waals surface area (Å²) in [7, 11) is 0. The molecule has 0 bridgehead atoms. The van der Waals surface area contributed by atoms with Crippen LogP contribution in [0.2, 0.25) is 0 Å². The van der Waals surface area contributed by atoms with Crippen molar-refractivity contribution in [2.24, 2.45) is 0 Å². The van der Waals surface area contributed by atoms with E-state index in [0.29, 0.717) is 28.6 Å². The third-order valence-electron chi connectivity index (χ3n) is 5.89. The van der Waals surface area contributed by atoms with Gasteiger partial charge in [0.1, 0.15) is 11.4 Å². The Hall–Kier alpha value is -2.93. The molecule has 0 N–H and O–H groups in total. The van der Waals surface area contributed by atoms with E-state index in [0.717, 1.165) is 34.5 Å². The molecule has 0 amide bonds. The zero-order chi connectivity index (χ0) is 22.4. The van der Waals surface area contributed by atoms with Crippen LogP contribution in [0.4, 0.5) is 4.39 Å². The molecule has 0 atom stereocenters. The fourth-order valence-corrected chi connectivity index (χ4v) is 5.14. The van der Waals surface area contributed by atoms with E-state index >= 15 is 0 Å². The zero-order valence-corrected chi connectivity index (χ0v) is 19.1. The van der Waals surface area contributed by atoms with Crippen LogP contribution in [0.5, 0.6) is 0 Å². The molecule has 4 aromatic rings. The molecule has 0 radical (unpaired) electrons. The molecule has 0 unspecified atom stereocenters. The van der Waals surface area contributed by atoms with Gasteiger partial charge in [-0.3, -0.25) is 4.57 Å². The lowest BCUT2D eigenvalue weighted by Crippen LogP contribution is -2.03. The van der Waals surface area contributed by atoms with Crippen molar-refractivity contribution in [3.8, 4) is 11.4 Å². The Morgan fingerprint density at radius 1 is 1.19 bits per heavy atom. The highest BCUT2D eigenvalue weighted by Gasteiger charge is 2.31. The molecule has 0 saturated heterocycles. The molecule has 2 aromatic carbocycles. The summed E-state index contributed by atoms with van der Waals surface area (Å²) in [6.07, 6.45) is 2.06. The summed E-state index contributed by atoms with van der Waals surface area (Å²) in [4.78, 5) is 12.2. The Balaban J connectivity index is 1.52. The van der Waals surface area contributed by atoms with E-state index in [-0.39, 0.29) is 17.5 Å². The van der Waals surface area contributed by atoms with Gasteiger partial charge < -0.3 is 4.42 Å². The number of halogens is 1. The van der Waals surface area contributed by atoms with E-state index in [4.69, 9.17) is 4.42 Å². The lowest BCUT2D eigenvalue weighted by atomic mass is 9.95. The Bertz CT molecular complexity index is 1370. The highest BCUT2D eigenvalue weighted by molar-refractivity contribution is 7.98. The fraction of sp³-hybridized carbons (Fsp3) is 0.320. The van der Waals surface area contributed by atoms with Crippen LogP contribution in [-0.4, -0.2) is 14.8 Å². The van der Waals surface area contributed by atoms with Crippen molar-refractivity contribution < 1.29 is 8.81 Å². The second-order valence-electron chi connectivity index (χ2n) is 8.63. The number of nitrogens with zero attached hydrogens (tertiary/aromatic N) is 3. The zero-order valence-electron chi connectivity index (χ0n) is 18.3. The first-order valence-corrected chi connectivity index (χ1v) is 11.8. The number of rotatable bonds is 6. The maximum absolute atomic E-state index is 14.4. The van der Waals surface area contributed by atoms with E-state index in [1.807, 2.05) is 17.6 Å². The van der Waals surface area contributed by atoms with Gasteiger partial charge in [-0.2, -0.15) is 0 Å². The Kier molecular flexibility index (Phi) is 5.37. The first kappa shape index (κ1) is 20.9. The van der Waals surface area contributed by atoms with E-state index in [1.54, 1.807) is 24.3 Å². The van der Waals surface area contributed by atoms with Crippen LogP contribution >= 0.6 is 11.8 Å². The van der Waals surface area contributed by atoms with Crippen molar-refractivity contribution in [1.82, 2.24) is 14.8 Å². The molecule has 1 fully saturated rings. The maximum atomic E-state index is 14.4. The van der Waals surface area contributed by atoms with Gasteiger partial charge >= 0.3 is 5.63 Å². The predicted octanol–water partition coefficient (Wildman–Crippen LogP) is 6.25. The molecule has 1 saturated carbocycles. The van der Waals surface area contributed by atoms with Gasteiger partial charge in [0.15, 0.2) is 11.0 Å². The summed E-state index contributed by atoms with van der Waals surface area (Å²) in [5.41, 5.74) is 3.96. The van der Waals surface area contributed by atoms with Gasteiger partial charge in [-0.1, -0.05) is 37.7 Å². The van der Waals surface area contributed by atoms with Gasteiger partial charge in [0.25, 0.3) is 0 Å². The van der Waals surface area contributed by atoms with Crippen molar-refractivity contribution in [3.63, 3.8) is 0 Å². The molecular formula is C25H24FN3O2S. The molecule has 164 valence electrons. The van der Waals surface area contributed by atoms with Crippen molar-refractivity contribution in [2.75, 3.05) is 0 Å². The second kappa shape index (κ2) is 8.20. The van der Waals surface area contributed by atoms with Crippen molar-refractivity contribution in [3.05, 3.63) is 75.4 Å². The molecular weight excluding hydrogens is 425 g/mol. The Morgan fingerprint density at radius 3 is 2.69 bits per heavy atom. The Labute approximate surface area is 189 Å². The summed E-state index contributed by atoms with van der Waals surface area (Å²) < 4.78 is 21.9. The van der Waals surface area contributed by atoms with Gasteiger partial charge in [-0.15, -0.1) is 10.2 Å². The molecule has 1 aliphatic carbocycles. The highest BCUT2D eigenvalue weighted by atomic mass is 32.2. The number of aryl methyl sites for hydroxylation is 1. The number of hydrogen-bond donors (Lipinski definition) is 0. The summed E-state index contributed by atoms with van der Waals surface area (Å²) in [5, 5.41) is 10.4. The summed E-state index contributed by atoms with van der Waals surface area (Å²) >= 11 is 1.52. The van der Waals surface area contributed by atoms with E-state index in [2.05, 4.69) is 30.1 Å². The monoisotopic (exact) mass is 449 g/mol. The minimum Gasteiger partial charge on any atom is -0.423 e. The average molecular weight is 450 g/mol. The lowest BCUT2D eigenvalue weighted by Gasteiger charge is -2.13. The molecule has 5 rings (SSSR count). The number of aromatic nitrogens is 3.